The van der Waals surface area contributed by atoms with Crippen molar-refractivity contribution in [2.45, 2.75) is 38.8 Å². The fourth-order valence-corrected chi connectivity index (χ4v) is 2.14. The van der Waals surface area contributed by atoms with Crippen LogP contribution in [0.2, 0.25) is 0 Å². The zero-order chi connectivity index (χ0) is 9.84. The van der Waals surface area contributed by atoms with Crippen LogP contribution < -0.4 is 0 Å². The largest absolute Gasteiger partial charge is 0.395 e. The number of rotatable bonds is 3. The van der Waals surface area contributed by atoms with E-state index in [-0.39, 0.29) is 18.8 Å². The topological polar surface area (TPSA) is 43.7 Å². The first-order valence-electron chi connectivity index (χ1n) is 5.18. The maximum absolute atomic E-state index is 9.57. The van der Waals surface area contributed by atoms with E-state index in [1.807, 2.05) is 6.92 Å². The van der Waals surface area contributed by atoms with Gasteiger partial charge in [0.2, 0.25) is 0 Å². The molecule has 3 unspecified atom stereocenters. The molecule has 0 saturated carbocycles. The van der Waals surface area contributed by atoms with Gasteiger partial charge < -0.3 is 10.2 Å². The van der Waals surface area contributed by atoms with Crippen LogP contribution in [0.15, 0.2) is 0 Å². The van der Waals surface area contributed by atoms with Gasteiger partial charge in [-0.3, -0.25) is 4.90 Å². The summed E-state index contributed by atoms with van der Waals surface area (Å²) in [5, 5.41) is 18.4. The molecule has 0 amide bonds. The summed E-state index contributed by atoms with van der Waals surface area (Å²) in [5.74, 6) is 0.703. The molecule has 3 heteroatoms. The lowest BCUT2D eigenvalue weighted by Crippen LogP contribution is -2.48. The van der Waals surface area contributed by atoms with Crippen molar-refractivity contribution in [2.24, 2.45) is 5.92 Å². The molecule has 1 saturated heterocycles. The van der Waals surface area contributed by atoms with Gasteiger partial charge in [0.15, 0.2) is 0 Å². The van der Waals surface area contributed by atoms with Crippen molar-refractivity contribution in [3.8, 4) is 0 Å². The van der Waals surface area contributed by atoms with Crippen LogP contribution in [0.4, 0.5) is 0 Å². The molecule has 3 atom stereocenters. The van der Waals surface area contributed by atoms with E-state index in [0.29, 0.717) is 12.5 Å². The quantitative estimate of drug-likeness (QED) is 0.674. The number of hydrogen-bond acceptors (Lipinski definition) is 3. The third kappa shape index (κ3) is 2.93. The summed E-state index contributed by atoms with van der Waals surface area (Å²) in [6.07, 6.45) is 1.95. The van der Waals surface area contributed by atoms with E-state index in [4.69, 9.17) is 5.11 Å². The van der Waals surface area contributed by atoms with Gasteiger partial charge in [0, 0.05) is 12.6 Å². The fraction of sp³-hybridized carbons (Fsp3) is 1.00. The Morgan fingerprint density at radius 2 is 2.23 bits per heavy atom. The molecule has 1 rings (SSSR count). The first kappa shape index (κ1) is 11.0. The third-order valence-corrected chi connectivity index (χ3v) is 2.97. The minimum absolute atomic E-state index is 0.192. The molecular formula is C10H21NO2. The standard InChI is InChI=1S/C10H21NO2/c1-8-3-4-11(5-6-12)10(7-8)9(2)13/h8-10,12-13H,3-7H2,1-2H3. The van der Waals surface area contributed by atoms with E-state index in [1.165, 1.54) is 6.42 Å². The monoisotopic (exact) mass is 187 g/mol. The van der Waals surface area contributed by atoms with Gasteiger partial charge in [0.25, 0.3) is 0 Å². The zero-order valence-corrected chi connectivity index (χ0v) is 8.61. The van der Waals surface area contributed by atoms with Gasteiger partial charge in [-0.05, 0) is 32.2 Å². The molecule has 13 heavy (non-hydrogen) atoms. The molecule has 78 valence electrons. The number of β-amino-alcohol motifs (C(OH)–C–C–N with tert-alkyl or cyclic N) is 1. The van der Waals surface area contributed by atoms with Crippen LogP contribution in [0, 0.1) is 5.92 Å². The summed E-state index contributed by atoms with van der Waals surface area (Å²) < 4.78 is 0. The maximum Gasteiger partial charge on any atom is 0.0667 e. The number of aliphatic hydroxyl groups excluding tert-OH is 2. The van der Waals surface area contributed by atoms with E-state index >= 15 is 0 Å². The normalized spacial score (nSPS) is 33.2. The van der Waals surface area contributed by atoms with Crippen molar-refractivity contribution in [1.29, 1.82) is 0 Å². The molecule has 0 aromatic rings. The average molecular weight is 187 g/mol. The lowest BCUT2D eigenvalue weighted by molar-refractivity contribution is 0.0128. The van der Waals surface area contributed by atoms with E-state index in [2.05, 4.69) is 11.8 Å². The van der Waals surface area contributed by atoms with E-state index < -0.39 is 0 Å². The first-order chi connectivity index (χ1) is 6.15. The second kappa shape index (κ2) is 4.94. The second-order valence-electron chi connectivity index (χ2n) is 4.20. The highest BCUT2D eigenvalue weighted by molar-refractivity contribution is 4.83. The van der Waals surface area contributed by atoms with Gasteiger partial charge in [-0.15, -0.1) is 0 Å². The van der Waals surface area contributed by atoms with E-state index in [1.54, 1.807) is 0 Å². The van der Waals surface area contributed by atoms with Crippen molar-refractivity contribution in [3.05, 3.63) is 0 Å². The Labute approximate surface area is 80.4 Å². The molecule has 1 heterocycles. The van der Waals surface area contributed by atoms with Crippen LogP contribution in [-0.2, 0) is 0 Å². The van der Waals surface area contributed by atoms with Gasteiger partial charge in [-0.1, -0.05) is 6.92 Å². The Kier molecular flexibility index (Phi) is 4.16. The van der Waals surface area contributed by atoms with Crippen molar-refractivity contribution < 1.29 is 10.2 Å². The molecule has 0 aromatic carbocycles. The Morgan fingerprint density at radius 3 is 2.77 bits per heavy atom. The molecule has 0 radical (unpaired) electrons. The minimum Gasteiger partial charge on any atom is -0.395 e. The van der Waals surface area contributed by atoms with Crippen LogP contribution in [0.25, 0.3) is 0 Å². The lowest BCUT2D eigenvalue weighted by atomic mass is 9.90. The minimum atomic E-state index is -0.283. The van der Waals surface area contributed by atoms with E-state index in [0.717, 1.165) is 13.0 Å². The number of hydrogen-bond donors (Lipinski definition) is 2. The highest BCUT2D eigenvalue weighted by Crippen LogP contribution is 2.24. The molecule has 1 fully saturated rings. The Balaban J connectivity index is 2.50. The smallest absolute Gasteiger partial charge is 0.0667 e. The molecule has 0 aromatic heterocycles. The highest BCUT2D eigenvalue weighted by atomic mass is 16.3. The number of nitrogens with zero attached hydrogens (tertiary/aromatic N) is 1. The highest BCUT2D eigenvalue weighted by Gasteiger charge is 2.28. The van der Waals surface area contributed by atoms with Crippen molar-refractivity contribution in [3.63, 3.8) is 0 Å². The third-order valence-electron chi connectivity index (χ3n) is 2.97. The van der Waals surface area contributed by atoms with Gasteiger partial charge >= 0.3 is 0 Å². The fourth-order valence-electron chi connectivity index (χ4n) is 2.14. The second-order valence-corrected chi connectivity index (χ2v) is 4.20. The predicted molar refractivity (Wildman–Crippen MR) is 52.5 cm³/mol. The van der Waals surface area contributed by atoms with Crippen molar-refractivity contribution in [2.75, 3.05) is 19.7 Å². The molecule has 0 aliphatic carbocycles. The van der Waals surface area contributed by atoms with Crippen LogP contribution in [0.1, 0.15) is 26.7 Å². The number of likely N-dealkylation sites (tertiary alicyclic amines) is 1. The summed E-state index contributed by atoms with van der Waals surface area (Å²) in [4.78, 5) is 2.20. The summed E-state index contributed by atoms with van der Waals surface area (Å²) in [7, 11) is 0. The Morgan fingerprint density at radius 1 is 1.54 bits per heavy atom. The van der Waals surface area contributed by atoms with Crippen molar-refractivity contribution in [1.82, 2.24) is 4.90 Å². The molecule has 1 aliphatic heterocycles. The first-order valence-corrected chi connectivity index (χ1v) is 5.18. The van der Waals surface area contributed by atoms with Crippen LogP contribution in [-0.4, -0.2) is 47.0 Å². The summed E-state index contributed by atoms with van der Waals surface area (Å²) in [6.45, 7) is 5.97. The molecule has 0 spiro atoms. The molecular weight excluding hydrogens is 166 g/mol. The SMILES string of the molecule is CC1CCN(CCO)C(C(C)O)C1. The van der Waals surface area contributed by atoms with E-state index in [9.17, 15) is 5.11 Å². The summed E-state index contributed by atoms with van der Waals surface area (Å²) in [6, 6.07) is 0.246. The molecule has 1 aliphatic rings. The predicted octanol–water partition coefficient (Wildman–Crippen LogP) is 0.460. The molecule has 0 bridgehead atoms. The summed E-state index contributed by atoms with van der Waals surface area (Å²) >= 11 is 0. The zero-order valence-electron chi connectivity index (χ0n) is 8.61. The average Bonchev–Trinajstić information content (AvgIpc) is 2.08. The van der Waals surface area contributed by atoms with Gasteiger partial charge in [0.05, 0.1) is 12.7 Å². The van der Waals surface area contributed by atoms with Crippen LogP contribution in [0.5, 0.6) is 0 Å². The van der Waals surface area contributed by atoms with Gasteiger partial charge in [-0.25, -0.2) is 0 Å². The maximum atomic E-state index is 9.57. The number of aliphatic hydroxyl groups is 2. The summed E-state index contributed by atoms with van der Waals surface area (Å²) in [5.41, 5.74) is 0. The molecule has 2 N–H and O–H groups in total. The van der Waals surface area contributed by atoms with Gasteiger partial charge in [0.1, 0.15) is 0 Å². The Hall–Kier alpha value is -0.120. The van der Waals surface area contributed by atoms with Crippen molar-refractivity contribution >= 4 is 0 Å². The van der Waals surface area contributed by atoms with Crippen LogP contribution >= 0.6 is 0 Å². The lowest BCUT2D eigenvalue weighted by Gasteiger charge is -2.39. The van der Waals surface area contributed by atoms with Gasteiger partial charge in [-0.2, -0.15) is 0 Å². The number of piperidine rings is 1. The molecule has 3 nitrogen and oxygen atoms in total. The Bertz CT molecular complexity index is 150. The van der Waals surface area contributed by atoms with Crippen LogP contribution in [0.3, 0.4) is 0 Å².